The highest BCUT2D eigenvalue weighted by Gasteiger charge is 2.45. The summed E-state index contributed by atoms with van der Waals surface area (Å²) in [6.07, 6.45) is 3.75. The number of aryl methyl sites for hydroxylation is 1. The van der Waals surface area contributed by atoms with Gasteiger partial charge in [-0.05, 0) is 42.9 Å². The van der Waals surface area contributed by atoms with Gasteiger partial charge in [-0.25, -0.2) is 4.79 Å². The molecule has 1 unspecified atom stereocenters. The zero-order chi connectivity index (χ0) is 14.7. The van der Waals surface area contributed by atoms with Crippen LogP contribution in [-0.4, -0.2) is 22.8 Å². The summed E-state index contributed by atoms with van der Waals surface area (Å²) in [4.78, 5) is 15.9. The summed E-state index contributed by atoms with van der Waals surface area (Å²) in [6, 6.07) is 6.16. The number of fused-ring (bicyclic) bond motifs is 2. The molecule has 1 aromatic carbocycles. The largest absolute Gasteiger partial charge is 0.447 e. The number of hydrogen-bond donors (Lipinski definition) is 1. The van der Waals surface area contributed by atoms with E-state index in [1.807, 2.05) is 6.07 Å². The predicted octanol–water partition coefficient (Wildman–Crippen LogP) is 2.50. The third-order valence-corrected chi connectivity index (χ3v) is 4.86. The molecular formula is C16H15N3O3. The van der Waals surface area contributed by atoms with Crippen LogP contribution in [0.25, 0.3) is 11.4 Å². The number of carbonyl (C=O) groups excluding carboxylic acids is 1. The molecule has 2 fully saturated rings. The maximum atomic E-state index is 11.4. The second-order valence-corrected chi connectivity index (χ2v) is 6.39. The van der Waals surface area contributed by atoms with Crippen LogP contribution in [0.2, 0.25) is 0 Å². The summed E-state index contributed by atoms with van der Waals surface area (Å²) in [5.41, 5.74) is 2.99. The molecule has 1 aromatic heterocycles. The van der Waals surface area contributed by atoms with Crippen molar-refractivity contribution in [3.05, 3.63) is 35.2 Å². The highest BCUT2D eigenvalue weighted by Crippen LogP contribution is 2.42. The van der Waals surface area contributed by atoms with E-state index >= 15 is 0 Å². The number of rotatable bonds is 2. The Labute approximate surface area is 126 Å². The first-order valence-electron chi connectivity index (χ1n) is 7.66. The molecule has 1 atom stereocenters. The molecule has 0 radical (unpaired) electrons. The molecule has 112 valence electrons. The second-order valence-electron chi connectivity index (χ2n) is 6.39. The van der Waals surface area contributed by atoms with Gasteiger partial charge in [0.1, 0.15) is 12.1 Å². The fourth-order valence-electron chi connectivity index (χ4n) is 3.47. The molecular weight excluding hydrogens is 282 g/mol. The monoisotopic (exact) mass is 297 g/mol. The van der Waals surface area contributed by atoms with E-state index in [-0.39, 0.29) is 11.6 Å². The van der Waals surface area contributed by atoms with Crippen molar-refractivity contribution in [1.29, 1.82) is 0 Å². The summed E-state index contributed by atoms with van der Waals surface area (Å²) in [6.45, 7) is 0.409. The van der Waals surface area contributed by atoms with E-state index in [0.29, 0.717) is 18.3 Å². The summed E-state index contributed by atoms with van der Waals surface area (Å²) in [7, 11) is 0. The Bertz CT molecular complexity index is 781. The Morgan fingerprint density at radius 1 is 1.32 bits per heavy atom. The van der Waals surface area contributed by atoms with E-state index in [1.165, 1.54) is 5.56 Å². The highest BCUT2D eigenvalue weighted by molar-refractivity contribution is 5.72. The molecule has 5 rings (SSSR count). The van der Waals surface area contributed by atoms with Gasteiger partial charge in [-0.3, -0.25) is 0 Å². The van der Waals surface area contributed by atoms with Crippen molar-refractivity contribution < 1.29 is 14.1 Å². The zero-order valence-electron chi connectivity index (χ0n) is 12.0. The van der Waals surface area contributed by atoms with E-state index in [0.717, 1.165) is 42.7 Å². The van der Waals surface area contributed by atoms with Gasteiger partial charge in [-0.1, -0.05) is 17.3 Å². The van der Waals surface area contributed by atoms with E-state index < -0.39 is 0 Å². The van der Waals surface area contributed by atoms with E-state index in [1.54, 1.807) is 0 Å². The molecule has 1 N–H and O–H groups in total. The third kappa shape index (κ3) is 1.70. The van der Waals surface area contributed by atoms with Gasteiger partial charge in [-0.2, -0.15) is 4.98 Å². The summed E-state index contributed by atoms with van der Waals surface area (Å²) < 4.78 is 10.4. The van der Waals surface area contributed by atoms with Crippen LogP contribution in [0.15, 0.2) is 22.7 Å². The smallest absolute Gasteiger partial charge is 0.408 e. The minimum absolute atomic E-state index is 0.329. The van der Waals surface area contributed by atoms with Crippen molar-refractivity contribution in [1.82, 2.24) is 15.5 Å². The minimum Gasteiger partial charge on any atom is -0.447 e. The molecule has 1 saturated carbocycles. The van der Waals surface area contributed by atoms with Gasteiger partial charge in [0.05, 0.1) is 0 Å². The Morgan fingerprint density at radius 2 is 2.23 bits per heavy atom. The number of ether oxygens (including phenoxy) is 1. The predicted molar refractivity (Wildman–Crippen MR) is 76.2 cm³/mol. The Morgan fingerprint density at radius 3 is 3.00 bits per heavy atom. The van der Waals surface area contributed by atoms with Crippen LogP contribution in [0, 0.1) is 0 Å². The number of nitrogens with one attached hydrogen (secondary N) is 1. The van der Waals surface area contributed by atoms with Crippen LogP contribution in [0.3, 0.4) is 0 Å². The molecule has 3 aliphatic rings. The fraction of sp³-hybridized carbons (Fsp3) is 0.438. The first kappa shape index (κ1) is 12.2. The molecule has 2 heterocycles. The first-order chi connectivity index (χ1) is 10.7. The van der Waals surface area contributed by atoms with Crippen LogP contribution >= 0.6 is 0 Å². The minimum atomic E-state index is -0.346. The van der Waals surface area contributed by atoms with Crippen molar-refractivity contribution in [2.24, 2.45) is 0 Å². The molecule has 1 spiro atoms. The normalized spacial score (nSPS) is 26.1. The molecule has 0 bridgehead atoms. The fourth-order valence-corrected chi connectivity index (χ4v) is 3.47. The van der Waals surface area contributed by atoms with Gasteiger partial charge >= 0.3 is 6.09 Å². The Kier molecular flexibility index (Phi) is 2.27. The van der Waals surface area contributed by atoms with Gasteiger partial charge < -0.3 is 14.6 Å². The highest BCUT2D eigenvalue weighted by atomic mass is 16.6. The van der Waals surface area contributed by atoms with Gasteiger partial charge in [0.2, 0.25) is 11.7 Å². The van der Waals surface area contributed by atoms with Crippen molar-refractivity contribution >= 4 is 6.09 Å². The Balaban J connectivity index is 1.51. The lowest BCUT2D eigenvalue weighted by atomic mass is 9.93. The van der Waals surface area contributed by atoms with E-state index in [4.69, 9.17) is 9.26 Å². The number of amides is 1. The van der Waals surface area contributed by atoms with Crippen LogP contribution in [-0.2, 0) is 16.7 Å². The molecule has 22 heavy (non-hydrogen) atoms. The van der Waals surface area contributed by atoms with Crippen LogP contribution in [0.1, 0.15) is 42.2 Å². The topological polar surface area (TPSA) is 77.3 Å². The molecule has 6 heteroatoms. The van der Waals surface area contributed by atoms with Crippen molar-refractivity contribution in [2.45, 2.75) is 37.1 Å². The molecule has 2 aromatic rings. The first-order valence-corrected chi connectivity index (χ1v) is 7.66. The van der Waals surface area contributed by atoms with E-state index in [2.05, 4.69) is 27.6 Å². The van der Waals surface area contributed by atoms with Crippen molar-refractivity contribution in [2.75, 3.05) is 6.61 Å². The number of hydrogen-bond acceptors (Lipinski definition) is 5. The molecule has 2 aliphatic carbocycles. The molecule has 6 nitrogen and oxygen atoms in total. The van der Waals surface area contributed by atoms with Crippen molar-refractivity contribution in [3.8, 4) is 11.4 Å². The van der Waals surface area contributed by atoms with Gasteiger partial charge in [0, 0.05) is 11.5 Å². The molecule has 1 aliphatic heterocycles. The number of alkyl carbamates (subject to hydrolysis) is 1. The number of benzene rings is 1. The van der Waals surface area contributed by atoms with Crippen molar-refractivity contribution in [3.63, 3.8) is 0 Å². The summed E-state index contributed by atoms with van der Waals surface area (Å²) >= 11 is 0. The maximum Gasteiger partial charge on any atom is 0.408 e. The number of carbonyl (C=O) groups is 1. The lowest BCUT2D eigenvalue weighted by Gasteiger charge is -2.21. The van der Waals surface area contributed by atoms with Gasteiger partial charge in [-0.15, -0.1) is 0 Å². The zero-order valence-corrected chi connectivity index (χ0v) is 12.0. The van der Waals surface area contributed by atoms with Crippen LogP contribution < -0.4 is 5.32 Å². The van der Waals surface area contributed by atoms with Gasteiger partial charge in [0.15, 0.2) is 0 Å². The SMILES string of the molecule is O=C1NC2(CCc3cc(-c4noc(C5CC5)n4)ccc32)CO1. The number of nitrogens with zero attached hydrogens (tertiary/aromatic N) is 2. The summed E-state index contributed by atoms with van der Waals surface area (Å²) in [5, 5.41) is 7.05. The summed E-state index contributed by atoms with van der Waals surface area (Å²) in [5.74, 6) is 1.87. The average molecular weight is 297 g/mol. The van der Waals surface area contributed by atoms with Crippen LogP contribution in [0.5, 0.6) is 0 Å². The molecule has 1 saturated heterocycles. The molecule has 1 amide bonds. The Hall–Kier alpha value is -2.37. The average Bonchev–Trinajstić information content (AvgIpc) is 3.00. The van der Waals surface area contributed by atoms with Crippen LogP contribution in [0.4, 0.5) is 4.79 Å². The second kappa shape index (κ2) is 4.09. The maximum absolute atomic E-state index is 11.4. The lowest BCUT2D eigenvalue weighted by molar-refractivity contribution is 0.172. The third-order valence-electron chi connectivity index (χ3n) is 4.86. The lowest BCUT2D eigenvalue weighted by Crippen LogP contribution is -2.38. The standard InChI is InChI=1S/C16H15N3O3/c20-15-18-16(8-21-15)6-5-10-7-11(3-4-12(10)16)13-17-14(22-19-13)9-1-2-9/h3-4,7,9H,1-2,5-6,8H2,(H,18,20). The quantitative estimate of drug-likeness (QED) is 0.921. The number of cyclic esters (lactones) is 1. The van der Waals surface area contributed by atoms with E-state index in [9.17, 15) is 4.79 Å². The number of aromatic nitrogens is 2. The van der Waals surface area contributed by atoms with Gasteiger partial charge in [0.25, 0.3) is 0 Å².